The van der Waals surface area contributed by atoms with Crippen molar-refractivity contribution in [2.75, 3.05) is 24.2 Å². The van der Waals surface area contributed by atoms with Gasteiger partial charge < -0.3 is 4.90 Å². The number of hydrogen-bond donors (Lipinski definition) is 1. The van der Waals surface area contributed by atoms with Crippen LogP contribution in [-0.2, 0) is 6.54 Å². The maximum Gasteiger partial charge on any atom is 0.268 e. The molecule has 0 bridgehead atoms. The third kappa shape index (κ3) is 4.02. The molecule has 1 saturated carbocycles. The number of rotatable bonds is 6. The molecule has 118 valence electrons. The lowest BCUT2D eigenvalue weighted by Gasteiger charge is -2.36. The number of hydrogen-bond acceptors (Lipinski definition) is 4. The van der Waals surface area contributed by atoms with E-state index in [0.717, 1.165) is 37.2 Å². The second-order valence-electron chi connectivity index (χ2n) is 6.35. The molecule has 5 heteroatoms. The molecule has 0 amide bonds. The standard InChI is InChI=1S/C16H27N3OS/c1-3-9-18(2)14-10-15(20)19(17-11-14)12-16(13-21)7-5-4-6-8-16/h10-11,21H,3-9,12-13H2,1-2H3. The SMILES string of the molecule is CCCN(C)c1cnn(CC2(CS)CCCCC2)c(=O)c1. The molecule has 1 aromatic rings. The molecule has 2 rings (SSSR count). The van der Waals surface area contributed by atoms with Crippen LogP contribution < -0.4 is 10.5 Å². The molecule has 0 spiro atoms. The van der Waals surface area contributed by atoms with Gasteiger partial charge in [-0.25, -0.2) is 4.68 Å². The summed E-state index contributed by atoms with van der Waals surface area (Å²) in [5.41, 5.74) is 1.05. The molecule has 21 heavy (non-hydrogen) atoms. The van der Waals surface area contributed by atoms with E-state index in [1.165, 1.54) is 19.3 Å². The topological polar surface area (TPSA) is 38.1 Å². The Morgan fingerprint density at radius 3 is 2.67 bits per heavy atom. The normalized spacial score (nSPS) is 17.7. The van der Waals surface area contributed by atoms with E-state index in [-0.39, 0.29) is 11.0 Å². The van der Waals surface area contributed by atoms with Crippen molar-refractivity contribution >= 4 is 18.3 Å². The van der Waals surface area contributed by atoms with Crippen LogP contribution in [-0.4, -0.2) is 29.1 Å². The largest absolute Gasteiger partial charge is 0.373 e. The second-order valence-corrected chi connectivity index (χ2v) is 6.67. The maximum absolute atomic E-state index is 12.3. The molecular formula is C16H27N3OS. The molecule has 0 unspecified atom stereocenters. The van der Waals surface area contributed by atoms with Gasteiger partial charge in [0.05, 0.1) is 18.4 Å². The average Bonchev–Trinajstić information content (AvgIpc) is 2.50. The van der Waals surface area contributed by atoms with Crippen molar-refractivity contribution in [1.82, 2.24) is 9.78 Å². The fourth-order valence-electron chi connectivity index (χ4n) is 3.20. The van der Waals surface area contributed by atoms with Crippen LogP contribution in [0.1, 0.15) is 45.4 Å². The van der Waals surface area contributed by atoms with Crippen molar-refractivity contribution in [3.63, 3.8) is 0 Å². The van der Waals surface area contributed by atoms with Gasteiger partial charge in [-0.05, 0) is 30.4 Å². The second kappa shape index (κ2) is 7.34. The molecule has 4 nitrogen and oxygen atoms in total. The zero-order valence-corrected chi connectivity index (χ0v) is 14.1. The summed E-state index contributed by atoms with van der Waals surface area (Å²) in [6.07, 6.45) is 8.97. The molecular weight excluding hydrogens is 282 g/mol. The van der Waals surface area contributed by atoms with E-state index in [0.29, 0.717) is 6.54 Å². The summed E-state index contributed by atoms with van der Waals surface area (Å²) in [7, 11) is 2.00. The molecule has 0 aliphatic heterocycles. The van der Waals surface area contributed by atoms with Gasteiger partial charge in [0.25, 0.3) is 5.56 Å². The summed E-state index contributed by atoms with van der Waals surface area (Å²) >= 11 is 4.54. The number of aromatic nitrogens is 2. The molecule has 1 aromatic heterocycles. The first-order valence-corrected chi connectivity index (χ1v) is 8.63. The van der Waals surface area contributed by atoms with Crippen molar-refractivity contribution < 1.29 is 0 Å². The van der Waals surface area contributed by atoms with Gasteiger partial charge in [0.1, 0.15) is 0 Å². The van der Waals surface area contributed by atoms with Crippen LogP contribution in [0.15, 0.2) is 17.1 Å². The van der Waals surface area contributed by atoms with E-state index in [1.54, 1.807) is 10.7 Å². The van der Waals surface area contributed by atoms with Gasteiger partial charge in [0.15, 0.2) is 0 Å². The van der Waals surface area contributed by atoms with Gasteiger partial charge in [-0.3, -0.25) is 4.79 Å². The van der Waals surface area contributed by atoms with Crippen LogP contribution in [0.25, 0.3) is 0 Å². The molecule has 0 radical (unpaired) electrons. The fraction of sp³-hybridized carbons (Fsp3) is 0.750. The van der Waals surface area contributed by atoms with Crippen molar-refractivity contribution in [3.05, 3.63) is 22.6 Å². The summed E-state index contributed by atoms with van der Waals surface area (Å²) < 4.78 is 1.63. The minimum absolute atomic E-state index is 0.00202. The quantitative estimate of drug-likeness (QED) is 0.821. The highest BCUT2D eigenvalue weighted by Crippen LogP contribution is 2.38. The first kappa shape index (κ1) is 16.4. The number of nitrogens with zero attached hydrogens (tertiary/aromatic N) is 3. The molecule has 0 atom stereocenters. The zero-order chi connectivity index (χ0) is 15.3. The van der Waals surface area contributed by atoms with Crippen molar-refractivity contribution in [2.45, 2.75) is 52.0 Å². The monoisotopic (exact) mass is 309 g/mol. The number of anilines is 1. The molecule has 1 aliphatic rings. The lowest BCUT2D eigenvalue weighted by molar-refractivity contribution is 0.179. The van der Waals surface area contributed by atoms with E-state index < -0.39 is 0 Å². The first-order valence-electron chi connectivity index (χ1n) is 7.99. The van der Waals surface area contributed by atoms with Crippen LogP contribution in [0.3, 0.4) is 0 Å². The third-order valence-electron chi connectivity index (χ3n) is 4.59. The van der Waals surface area contributed by atoms with Gasteiger partial charge in [-0.2, -0.15) is 17.7 Å². The Labute approximate surface area is 132 Å². The highest BCUT2D eigenvalue weighted by molar-refractivity contribution is 7.80. The highest BCUT2D eigenvalue weighted by Gasteiger charge is 2.31. The van der Waals surface area contributed by atoms with Gasteiger partial charge in [-0.15, -0.1) is 0 Å². The molecule has 1 heterocycles. The Balaban J connectivity index is 2.15. The van der Waals surface area contributed by atoms with Crippen molar-refractivity contribution in [3.8, 4) is 0 Å². The Hall–Kier alpha value is -0.970. The van der Waals surface area contributed by atoms with Gasteiger partial charge >= 0.3 is 0 Å². The van der Waals surface area contributed by atoms with E-state index in [4.69, 9.17) is 0 Å². The van der Waals surface area contributed by atoms with E-state index in [9.17, 15) is 4.79 Å². The molecule has 1 aliphatic carbocycles. The Bertz CT molecular complexity index is 508. The predicted molar refractivity (Wildman–Crippen MR) is 91.4 cm³/mol. The van der Waals surface area contributed by atoms with Crippen LogP contribution >= 0.6 is 12.6 Å². The van der Waals surface area contributed by atoms with Crippen molar-refractivity contribution in [2.24, 2.45) is 5.41 Å². The minimum atomic E-state index is 0.00202. The van der Waals surface area contributed by atoms with E-state index >= 15 is 0 Å². The zero-order valence-electron chi connectivity index (χ0n) is 13.2. The third-order valence-corrected chi connectivity index (χ3v) is 5.26. The predicted octanol–water partition coefficient (Wildman–Crippen LogP) is 2.97. The summed E-state index contributed by atoms with van der Waals surface area (Å²) in [5.74, 6) is 0.832. The number of thiol groups is 1. The first-order chi connectivity index (χ1) is 10.1. The molecule has 0 N–H and O–H groups in total. The summed E-state index contributed by atoms with van der Waals surface area (Å²) in [4.78, 5) is 14.4. The summed E-state index contributed by atoms with van der Waals surface area (Å²) in [6.45, 7) is 3.77. The average molecular weight is 309 g/mol. The minimum Gasteiger partial charge on any atom is -0.373 e. The van der Waals surface area contributed by atoms with Crippen LogP contribution in [0.5, 0.6) is 0 Å². The van der Waals surface area contributed by atoms with Gasteiger partial charge in [0, 0.05) is 19.7 Å². The molecule has 0 aromatic carbocycles. The highest BCUT2D eigenvalue weighted by atomic mass is 32.1. The van der Waals surface area contributed by atoms with Crippen LogP contribution in [0, 0.1) is 5.41 Å². The van der Waals surface area contributed by atoms with Crippen molar-refractivity contribution in [1.29, 1.82) is 0 Å². The summed E-state index contributed by atoms with van der Waals surface area (Å²) in [6, 6.07) is 1.71. The lowest BCUT2D eigenvalue weighted by Crippen LogP contribution is -2.37. The molecule has 1 fully saturated rings. The Morgan fingerprint density at radius 1 is 1.38 bits per heavy atom. The Morgan fingerprint density at radius 2 is 2.10 bits per heavy atom. The summed E-state index contributed by atoms with van der Waals surface area (Å²) in [5, 5.41) is 4.40. The fourth-order valence-corrected chi connectivity index (χ4v) is 3.62. The van der Waals surface area contributed by atoms with Crippen LogP contribution in [0.2, 0.25) is 0 Å². The van der Waals surface area contributed by atoms with Crippen LogP contribution in [0.4, 0.5) is 5.69 Å². The van der Waals surface area contributed by atoms with Gasteiger partial charge in [0.2, 0.25) is 0 Å². The lowest BCUT2D eigenvalue weighted by atomic mass is 9.75. The molecule has 0 saturated heterocycles. The maximum atomic E-state index is 12.3. The van der Waals surface area contributed by atoms with Gasteiger partial charge in [-0.1, -0.05) is 26.2 Å². The Kier molecular flexibility index (Phi) is 5.73. The van der Waals surface area contributed by atoms with E-state index in [2.05, 4.69) is 29.6 Å². The smallest absolute Gasteiger partial charge is 0.268 e. The van der Waals surface area contributed by atoms with E-state index in [1.807, 2.05) is 13.2 Å².